The smallest absolute Gasteiger partial charge is 0.157 e. The van der Waals surface area contributed by atoms with E-state index in [-0.39, 0.29) is 5.92 Å². The van der Waals surface area contributed by atoms with Crippen LogP contribution >= 0.6 is 0 Å². The van der Waals surface area contributed by atoms with E-state index in [1.54, 1.807) is 0 Å². The van der Waals surface area contributed by atoms with Crippen molar-refractivity contribution in [1.82, 2.24) is 0 Å². The zero-order valence-electron chi connectivity index (χ0n) is 8.68. The standard InChI is InChI=1S/C13H15F/c1-4-13(14)10(3)8-11-6-5-9(2)7-12(11)13/h4-7,10H,1,8H2,2-3H3. The number of fused-ring (bicyclic) bond motifs is 1. The first-order valence-corrected chi connectivity index (χ1v) is 5.00. The molecule has 0 heterocycles. The first kappa shape index (κ1) is 9.45. The van der Waals surface area contributed by atoms with Crippen molar-refractivity contribution in [3.05, 3.63) is 47.5 Å². The van der Waals surface area contributed by atoms with Crippen LogP contribution in [0, 0.1) is 12.8 Å². The molecule has 0 N–H and O–H groups in total. The fraction of sp³-hybridized carbons (Fsp3) is 0.385. The molecule has 1 heteroatoms. The molecular formula is C13H15F. The summed E-state index contributed by atoms with van der Waals surface area (Å²) in [5.41, 5.74) is 1.74. The van der Waals surface area contributed by atoms with Crippen molar-refractivity contribution >= 4 is 0 Å². The monoisotopic (exact) mass is 190 g/mol. The number of alkyl halides is 1. The van der Waals surface area contributed by atoms with Crippen molar-refractivity contribution in [2.24, 2.45) is 5.92 Å². The Morgan fingerprint density at radius 2 is 2.29 bits per heavy atom. The zero-order valence-corrected chi connectivity index (χ0v) is 8.68. The third kappa shape index (κ3) is 1.12. The summed E-state index contributed by atoms with van der Waals surface area (Å²) in [6.07, 6.45) is 2.26. The lowest BCUT2D eigenvalue weighted by atomic mass is 9.90. The van der Waals surface area contributed by atoms with Gasteiger partial charge in [-0.15, -0.1) is 0 Å². The van der Waals surface area contributed by atoms with Gasteiger partial charge in [0.05, 0.1) is 0 Å². The predicted molar refractivity (Wildman–Crippen MR) is 57.0 cm³/mol. The van der Waals surface area contributed by atoms with Crippen molar-refractivity contribution < 1.29 is 4.39 Å². The summed E-state index contributed by atoms with van der Waals surface area (Å²) >= 11 is 0. The molecule has 0 bridgehead atoms. The van der Waals surface area contributed by atoms with E-state index in [9.17, 15) is 4.39 Å². The van der Waals surface area contributed by atoms with Gasteiger partial charge in [-0.05, 0) is 24.5 Å². The average molecular weight is 190 g/mol. The van der Waals surface area contributed by atoms with Crippen LogP contribution in [0.5, 0.6) is 0 Å². The maximum Gasteiger partial charge on any atom is 0.157 e. The lowest BCUT2D eigenvalue weighted by molar-refractivity contribution is 0.168. The van der Waals surface area contributed by atoms with Gasteiger partial charge in [-0.1, -0.05) is 43.3 Å². The molecule has 0 saturated carbocycles. The molecule has 0 nitrogen and oxygen atoms in total. The van der Waals surface area contributed by atoms with Gasteiger partial charge in [0.25, 0.3) is 0 Å². The van der Waals surface area contributed by atoms with Gasteiger partial charge in [0.1, 0.15) is 0 Å². The van der Waals surface area contributed by atoms with Crippen LogP contribution < -0.4 is 0 Å². The minimum absolute atomic E-state index is 0.0109. The summed E-state index contributed by atoms with van der Waals surface area (Å²) in [6.45, 7) is 7.55. The van der Waals surface area contributed by atoms with Gasteiger partial charge in [-0.2, -0.15) is 0 Å². The molecular weight excluding hydrogens is 175 g/mol. The topological polar surface area (TPSA) is 0 Å². The zero-order chi connectivity index (χ0) is 10.3. The molecule has 0 radical (unpaired) electrons. The average Bonchev–Trinajstić information content (AvgIpc) is 2.41. The quantitative estimate of drug-likeness (QED) is 0.594. The van der Waals surface area contributed by atoms with E-state index in [0.29, 0.717) is 0 Å². The molecule has 2 unspecified atom stereocenters. The highest BCUT2D eigenvalue weighted by Gasteiger charge is 2.42. The van der Waals surface area contributed by atoms with Gasteiger partial charge < -0.3 is 0 Å². The largest absolute Gasteiger partial charge is 0.234 e. The van der Waals surface area contributed by atoms with Crippen molar-refractivity contribution in [2.45, 2.75) is 25.9 Å². The van der Waals surface area contributed by atoms with E-state index in [4.69, 9.17) is 0 Å². The van der Waals surface area contributed by atoms with Crippen molar-refractivity contribution in [3.63, 3.8) is 0 Å². The summed E-state index contributed by atoms with van der Waals surface area (Å²) in [7, 11) is 0. The molecule has 2 atom stereocenters. The van der Waals surface area contributed by atoms with Crippen molar-refractivity contribution in [3.8, 4) is 0 Å². The van der Waals surface area contributed by atoms with Crippen LogP contribution in [0.3, 0.4) is 0 Å². The van der Waals surface area contributed by atoms with Crippen molar-refractivity contribution in [2.75, 3.05) is 0 Å². The number of hydrogen-bond acceptors (Lipinski definition) is 0. The number of halogens is 1. The molecule has 1 aromatic carbocycles. The van der Waals surface area contributed by atoms with Gasteiger partial charge in [0.2, 0.25) is 0 Å². The summed E-state index contributed by atoms with van der Waals surface area (Å²) < 4.78 is 14.5. The van der Waals surface area contributed by atoms with Crippen LogP contribution in [0.1, 0.15) is 23.6 Å². The van der Waals surface area contributed by atoms with Crippen LogP contribution in [0.15, 0.2) is 30.9 Å². The predicted octanol–water partition coefficient (Wildman–Crippen LogP) is 3.54. The Kier molecular flexibility index (Phi) is 1.99. The molecule has 1 aromatic rings. The Balaban J connectivity index is 2.61. The second-order valence-corrected chi connectivity index (χ2v) is 4.24. The highest BCUT2D eigenvalue weighted by Crippen LogP contribution is 2.45. The number of aryl methyl sites for hydroxylation is 1. The summed E-state index contributed by atoms with van der Waals surface area (Å²) in [5, 5.41) is 0. The fourth-order valence-corrected chi connectivity index (χ4v) is 2.28. The van der Waals surface area contributed by atoms with Gasteiger partial charge in [0.15, 0.2) is 5.67 Å². The molecule has 14 heavy (non-hydrogen) atoms. The summed E-state index contributed by atoms with van der Waals surface area (Å²) in [5.74, 6) is 0.0109. The molecule has 74 valence electrons. The Morgan fingerprint density at radius 3 is 2.93 bits per heavy atom. The third-order valence-electron chi connectivity index (χ3n) is 3.22. The Labute approximate surface area is 84.5 Å². The minimum Gasteiger partial charge on any atom is -0.234 e. The molecule has 1 aliphatic rings. The number of allylic oxidation sites excluding steroid dienone is 1. The third-order valence-corrected chi connectivity index (χ3v) is 3.22. The number of rotatable bonds is 1. The highest BCUT2D eigenvalue weighted by molar-refractivity contribution is 5.43. The SMILES string of the molecule is C=CC1(F)c2cc(C)ccc2CC1C. The van der Waals surface area contributed by atoms with Crippen LogP contribution in [-0.4, -0.2) is 0 Å². The van der Waals surface area contributed by atoms with Gasteiger partial charge in [0, 0.05) is 5.92 Å². The van der Waals surface area contributed by atoms with E-state index >= 15 is 0 Å². The van der Waals surface area contributed by atoms with Gasteiger partial charge in [-0.3, -0.25) is 0 Å². The number of hydrogen-bond donors (Lipinski definition) is 0. The normalized spacial score (nSPS) is 30.1. The summed E-state index contributed by atoms with van der Waals surface area (Å²) in [6, 6.07) is 6.02. The molecule has 0 amide bonds. The van der Waals surface area contributed by atoms with E-state index in [0.717, 1.165) is 23.1 Å². The maximum absolute atomic E-state index is 14.5. The van der Waals surface area contributed by atoms with E-state index in [1.165, 1.54) is 6.08 Å². The molecule has 0 fully saturated rings. The Bertz CT molecular complexity index is 381. The van der Waals surface area contributed by atoms with E-state index in [1.807, 2.05) is 32.0 Å². The molecule has 0 saturated heterocycles. The second-order valence-electron chi connectivity index (χ2n) is 4.24. The molecule has 1 aliphatic carbocycles. The minimum atomic E-state index is -1.32. The molecule has 0 spiro atoms. The van der Waals surface area contributed by atoms with Crippen LogP contribution in [-0.2, 0) is 12.1 Å². The highest BCUT2D eigenvalue weighted by atomic mass is 19.1. The van der Waals surface area contributed by atoms with Crippen LogP contribution in [0.2, 0.25) is 0 Å². The van der Waals surface area contributed by atoms with E-state index < -0.39 is 5.67 Å². The second kappa shape index (κ2) is 2.94. The summed E-state index contributed by atoms with van der Waals surface area (Å²) in [4.78, 5) is 0. The van der Waals surface area contributed by atoms with Gasteiger partial charge in [-0.25, -0.2) is 4.39 Å². The lowest BCUT2D eigenvalue weighted by Crippen LogP contribution is -2.21. The molecule has 0 aromatic heterocycles. The molecule has 0 aliphatic heterocycles. The van der Waals surface area contributed by atoms with Crippen molar-refractivity contribution in [1.29, 1.82) is 0 Å². The van der Waals surface area contributed by atoms with Crippen LogP contribution in [0.25, 0.3) is 0 Å². The van der Waals surface area contributed by atoms with E-state index in [2.05, 4.69) is 6.58 Å². The number of benzene rings is 1. The Morgan fingerprint density at radius 1 is 1.57 bits per heavy atom. The first-order chi connectivity index (χ1) is 6.58. The molecule has 2 rings (SSSR count). The van der Waals surface area contributed by atoms with Gasteiger partial charge >= 0.3 is 0 Å². The lowest BCUT2D eigenvalue weighted by Gasteiger charge is -2.21. The fourth-order valence-electron chi connectivity index (χ4n) is 2.28. The van der Waals surface area contributed by atoms with Crippen LogP contribution in [0.4, 0.5) is 4.39 Å². The first-order valence-electron chi connectivity index (χ1n) is 5.00. The Hall–Kier alpha value is -1.11. The maximum atomic E-state index is 14.5.